The molecule has 0 aliphatic carbocycles. The summed E-state index contributed by atoms with van der Waals surface area (Å²) < 4.78 is 0. The number of hydrogen-bond donors (Lipinski definition) is 1. The van der Waals surface area contributed by atoms with E-state index >= 15 is 0 Å². The minimum absolute atomic E-state index is 0.0800. The monoisotopic (exact) mass is 453 g/mol. The topological polar surface area (TPSA) is 44.7 Å². The molecule has 0 radical (unpaired) electrons. The molecule has 4 nitrogen and oxygen atoms in total. The molecular formula is C25H28ClN3OS. The first kappa shape index (κ1) is 22.0. The van der Waals surface area contributed by atoms with Crippen molar-refractivity contribution >= 4 is 51.9 Å². The summed E-state index contributed by atoms with van der Waals surface area (Å²) in [6, 6.07) is 10.2. The molecule has 0 aromatic heterocycles. The van der Waals surface area contributed by atoms with Crippen LogP contribution in [0.2, 0.25) is 5.02 Å². The van der Waals surface area contributed by atoms with Crippen LogP contribution < -0.4 is 10.2 Å². The fourth-order valence-corrected chi connectivity index (χ4v) is 5.29. The van der Waals surface area contributed by atoms with Crippen molar-refractivity contribution in [2.45, 2.75) is 52.5 Å². The summed E-state index contributed by atoms with van der Waals surface area (Å²) in [5, 5.41) is 4.11. The van der Waals surface area contributed by atoms with E-state index in [-0.39, 0.29) is 11.4 Å². The van der Waals surface area contributed by atoms with Gasteiger partial charge in [-0.3, -0.25) is 4.79 Å². The predicted octanol–water partition coefficient (Wildman–Crippen LogP) is 6.57. The Labute approximate surface area is 193 Å². The smallest absolute Gasteiger partial charge is 0.264 e. The molecule has 1 fully saturated rings. The molecule has 2 aromatic rings. The summed E-state index contributed by atoms with van der Waals surface area (Å²) in [6.45, 7) is 10.9. The van der Waals surface area contributed by atoms with Gasteiger partial charge >= 0.3 is 0 Å². The third-order valence-electron chi connectivity index (χ3n) is 6.41. The third kappa shape index (κ3) is 4.26. The number of amidine groups is 1. The standard InChI is InChI=1S/C25H28ClN3OS/c1-14-7-8-18(9-15(14)2)27-24-28-23(30)22(31-24)11-17-10-19-16(3)13-25(4,5)29(6)21(19)12-20(17)26/h7-12,16H,13H2,1-6H3,(H,27,28,30)/b22-11+. The summed E-state index contributed by atoms with van der Waals surface area (Å²) >= 11 is 8.00. The van der Waals surface area contributed by atoms with Crippen LogP contribution >= 0.6 is 23.4 Å². The van der Waals surface area contributed by atoms with Crippen molar-refractivity contribution in [3.63, 3.8) is 0 Å². The van der Waals surface area contributed by atoms with E-state index in [1.54, 1.807) is 0 Å². The number of hydrogen-bond acceptors (Lipinski definition) is 4. The van der Waals surface area contributed by atoms with Crippen LogP contribution in [0.1, 0.15) is 55.4 Å². The van der Waals surface area contributed by atoms with Crippen LogP contribution in [0, 0.1) is 13.8 Å². The number of thioether (sulfide) groups is 1. The van der Waals surface area contributed by atoms with E-state index in [2.05, 4.69) is 62.9 Å². The number of halogens is 1. The Kier molecular flexibility index (Phi) is 5.69. The van der Waals surface area contributed by atoms with Crippen molar-refractivity contribution in [1.29, 1.82) is 0 Å². The maximum absolute atomic E-state index is 12.6. The Bertz CT molecular complexity index is 1140. The number of fused-ring (bicyclic) bond motifs is 1. The van der Waals surface area contributed by atoms with Gasteiger partial charge in [0.25, 0.3) is 5.91 Å². The molecule has 1 saturated heterocycles. The minimum atomic E-state index is -0.146. The van der Waals surface area contributed by atoms with Gasteiger partial charge in [0.05, 0.1) is 10.6 Å². The fourth-order valence-electron chi connectivity index (χ4n) is 4.25. The normalized spacial score (nSPS) is 22.7. The summed E-state index contributed by atoms with van der Waals surface area (Å²) in [4.78, 5) is 20.1. The van der Waals surface area contributed by atoms with Gasteiger partial charge in [0, 0.05) is 23.3 Å². The Hall–Kier alpha value is -2.24. The number of carbonyl (C=O) groups is 1. The molecule has 0 saturated carbocycles. The number of aliphatic imine (C=N–C) groups is 1. The molecule has 2 aliphatic rings. The Morgan fingerprint density at radius 1 is 1.23 bits per heavy atom. The highest BCUT2D eigenvalue weighted by Crippen LogP contribution is 2.45. The highest BCUT2D eigenvalue weighted by atomic mass is 35.5. The van der Waals surface area contributed by atoms with Crippen LogP contribution in [-0.2, 0) is 4.79 Å². The second-order valence-corrected chi connectivity index (χ2v) is 10.6. The number of nitrogens with zero attached hydrogens (tertiary/aromatic N) is 2. The molecule has 2 aliphatic heterocycles. The summed E-state index contributed by atoms with van der Waals surface area (Å²) in [6.07, 6.45) is 2.94. The summed E-state index contributed by atoms with van der Waals surface area (Å²) in [5.41, 5.74) is 6.61. The van der Waals surface area contributed by atoms with Crippen LogP contribution in [0.15, 0.2) is 40.2 Å². The van der Waals surface area contributed by atoms with E-state index < -0.39 is 0 Å². The molecule has 1 atom stereocenters. The number of nitrogens with one attached hydrogen (secondary N) is 1. The van der Waals surface area contributed by atoms with E-state index in [0.29, 0.717) is 21.0 Å². The maximum Gasteiger partial charge on any atom is 0.264 e. The lowest BCUT2D eigenvalue weighted by Gasteiger charge is -2.45. The predicted molar refractivity (Wildman–Crippen MR) is 134 cm³/mol. The van der Waals surface area contributed by atoms with Gasteiger partial charge in [-0.1, -0.05) is 24.6 Å². The quantitative estimate of drug-likeness (QED) is 0.523. The molecule has 2 aromatic carbocycles. The molecule has 4 rings (SSSR count). The van der Waals surface area contributed by atoms with E-state index in [4.69, 9.17) is 11.6 Å². The van der Waals surface area contributed by atoms with Gasteiger partial charge in [0.2, 0.25) is 0 Å². The zero-order valence-corrected chi connectivity index (χ0v) is 20.4. The van der Waals surface area contributed by atoms with Gasteiger partial charge in [-0.05, 0) is 104 Å². The maximum atomic E-state index is 12.6. The summed E-state index contributed by atoms with van der Waals surface area (Å²) in [5.74, 6) is 0.273. The molecular weight excluding hydrogens is 426 g/mol. The second kappa shape index (κ2) is 8.03. The fraction of sp³-hybridized carbons (Fsp3) is 0.360. The van der Waals surface area contributed by atoms with E-state index in [9.17, 15) is 4.79 Å². The lowest BCUT2D eigenvalue weighted by atomic mass is 9.80. The van der Waals surface area contributed by atoms with Gasteiger partial charge in [-0.2, -0.15) is 0 Å². The zero-order valence-electron chi connectivity index (χ0n) is 18.8. The minimum Gasteiger partial charge on any atom is -0.369 e. The molecule has 2 heterocycles. The number of carbonyl (C=O) groups excluding carboxylic acids is 1. The summed E-state index contributed by atoms with van der Waals surface area (Å²) in [7, 11) is 2.12. The second-order valence-electron chi connectivity index (χ2n) is 9.16. The van der Waals surface area contributed by atoms with Crippen molar-refractivity contribution in [2.75, 3.05) is 11.9 Å². The van der Waals surface area contributed by atoms with Gasteiger partial charge < -0.3 is 10.2 Å². The highest BCUT2D eigenvalue weighted by Gasteiger charge is 2.34. The zero-order chi connectivity index (χ0) is 22.5. The largest absolute Gasteiger partial charge is 0.369 e. The number of amides is 1. The average molecular weight is 454 g/mol. The van der Waals surface area contributed by atoms with E-state index in [1.165, 1.54) is 28.5 Å². The van der Waals surface area contributed by atoms with E-state index in [1.807, 2.05) is 30.3 Å². The molecule has 1 unspecified atom stereocenters. The SMILES string of the molecule is Cc1ccc(N=C2NC(=O)/C(=C\c3cc4c(cc3Cl)N(C)C(C)(C)CC4C)S2)cc1C. The van der Waals surface area contributed by atoms with Gasteiger partial charge in [-0.25, -0.2) is 4.99 Å². The van der Waals surface area contributed by atoms with Crippen molar-refractivity contribution in [3.8, 4) is 0 Å². The van der Waals surface area contributed by atoms with Crippen LogP contribution in [0.5, 0.6) is 0 Å². The van der Waals surface area contributed by atoms with Gasteiger partial charge in [-0.15, -0.1) is 0 Å². The average Bonchev–Trinajstić information content (AvgIpc) is 3.02. The van der Waals surface area contributed by atoms with Crippen molar-refractivity contribution in [3.05, 3.63) is 62.5 Å². The molecule has 0 spiro atoms. The Morgan fingerprint density at radius 2 is 1.97 bits per heavy atom. The number of benzene rings is 2. The van der Waals surface area contributed by atoms with Gasteiger partial charge in [0.15, 0.2) is 5.17 Å². The first-order valence-corrected chi connectivity index (χ1v) is 11.7. The Morgan fingerprint density at radius 3 is 2.68 bits per heavy atom. The van der Waals surface area contributed by atoms with Crippen molar-refractivity contribution in [1.82, 2.24) is 5.32 Å². The Balaban J connectivity index is 1.65. The van der Waals surface area contributed by atoms with Crippen molar-refractivity contribution < 1.29 is 4.79 Å². The van der Waals surface area contributed by atoms with Gasteiger partial charge in [0.1, 0.15) is 0 Å². The van der Waals surface area contributed by atoms with Crippen LogP contribution in [-0.4, -0.2) is 23.7 Å². The molecule has 0 bridgehead atoms. The van der Waals surface area contributed by atoms with Crippen LogP contribution in [0.3, 0.4) is 0 Å². The lowest BCUT2D eigenvalue weighted by molar-refractivity contribution is -0.115. The molecule has 1 N–H and O–H groups in total. The third-order valence-corrected chi connectivity index (χ3v) is 7.65. The van der Waals surface area contributed by atoms with Crippen LogP contribution in [0.25, 0.3) is 6.08 Å². The molecule has 6 heteroatoms. The number of aryl methyl sites for hydroxylation is 2. The lowest BCUT2D eigenvalue weighted by Crippen LogP contribution is -2.45. The molecule has 31 heavy (non-hydrogen) atoms. The molecule has 162 valence electrons. The van der Waals surface area contributed by atoms with Crippen molar-refractivity contribution in [2.24, 2.45) is 4.99 Å². The highest BCUT2D eigenvalue weighted by molar-refractivity contribution is 8.18. The van der Waals surface area contributed by atoms with Crippen LogP contribution in [0.4, 0.5) is 11.4 Å². The number of anilines is 1. The number of rotatable bonds is 2. The first-order chi connectivity index (χ1) is 14.5. The van der Waals surface area contributed by atoms with E-state index in [0.717, 1.165) is 23.4 Å². The molecule has 1 amide bonds. The first-order valence-electron chi connectivity index (χ1n) is 10.5.